The van der Waals surface area contributed by atoms with Gasteiger partial charge in [0.2, 0.25) is 0 Å². The van der Waals surface area contributed by atoms with Gasteiger partial charge < -0.3 is 25.5 Å². The van der Waals surface area contributed by atoms with E-state index in [1.54, 1.807) is 65.3 Å². The van der Waals surface area contributed by atoms with Crippen LogP contribution < -0.4 is 20.7 Å². The Hall–Kier alpha value is -1.78. The number of hydrogen-bond acceptors (Lipinski definition) is 2. The number of ether oxygens (including phenoxy) is 2. The van der Waals surface area contributed by atoms with E-state index in [1.165, 1.54) is 47.9 Å². The Morgan fingerprint density at radius 1 is 0.324 bits per heavy atom. The Morgan fingerprint density at radius 2 is 0.541 bits per heavy atom. The summed E-state index contributed by atoms with van der Waals surface area (Å²) in [7, 11) is -2.18. The van der Waals surface area contributed by atoms with Crippen molar-refractivity contribution in [3.05, 3.63) is 115 Å². The van der Waals surface area contributed by atoms with Crippen LogP contribution in [0.5, 0.6) is 0 Å². The van der Waals surface area contributed by atoms with Gasteiger partial charge in [-0.25, -0.2) is 5.19 Å². The average molecular weight is 1070 g/mol. The Kier molecular flexibility index (Phi) is 27.4. The zero-order valence-corrected chi connectivity index (χ0v) is 56.6. The van der Waals surface area contributed by atoms with E-state index in [0.717, 1.165) is 35.0 Å². The molecule has 4 aromatic rings. The molecule has 406 valence electrons. The summed E-state index contributed by atoms with van der Waals surface area (Å²) in [6, 6.07) is 21.5. The summed E-state index contributed by atoms with van der Waals surface area (Å²) >= 11 is 0. The largest absolute Gasteiger partial charge is 2.00 e. The summed E-state index contributed by atoms with van der Waals surface area (Å²) in [6.07, 6.45) is 5.11. The molecule has 2 saturated heterocycles. The SMILES string of the molecule is C1CCOC1.C1CCOC1.CC(C)c1cc(C(C)C)c([Si-]=[Si](c2c(C(C)C)cc(C(C)C)cc2C(C)C)[Si-](c2c(C(C)C)cc(C(C)C)cc2C(C)C)c2c(C(C)C)cc(C(C)C)cc2C(C)C)c(C(C)C)c1.[Mg+2]. The summed E-state index contributed by atoms with van der Waals surface area (Å²) in [5.41, 5.74) is 19.0. The van der Waals surface area contributed by atoms with Gasteiger partial charge in [0.15, 0.2) is 0 Å². The Balaban J connectivity index is 0.00000117. The molecular weight excluding hydrogens is 957 g/mol. The monoisotopic (exact) mass is 1060 g/mol. The first kappa shape index (κ1) is 66.5. The summed E-state index contributed by atoms with van der Waals surface area (Å²) in [6.45, 7) is 63.2. The van der Waals surface area contributed by atoms with Gasteiger partial charge in [0.1, 0.15) is 0 Å². The quantitative estimate of drug-likeness (QED) is 0.0981. The molecule has 0 aliphatic carbocycles. The van der Waals surface area contributed by atoms with E-state index in [2.05, 4.69) is 215 Å². The molecule has 6 rings (SSSR count). The molecule has 0 N–H and O–H groups in total. The first-order valence-corrected chi connectivity index (χ1v) is 35.6. The van der Waals surface area contributed by atoms with E-state index >= 15 is 0 Å². The van der Waals surface area contributed by atoms with Crippen molar-refractivity contribution in [2.45, 2.75) is 263 Å². The molecule has 2 aliphatic heterocycles. The second kappa shape index (κ2) is 30.5. The maximum Gasteiger partial charge on any atom is 2.00 e. The van der Waals surface area contributed by atoms with Crippen LogP contribution in [0, 0.1) is 0 Å². The van der Waals surface area contributed by atoms with E-state index in [-0.39, 0.29) is 23.1 Å². The molecule has 0 unspecified atom stereocenters. The molecule has 0 bridgehead atoms. The summed E-state index contributed by atoms with van der Waals surface area (Å²) < 4.78 is 9.89. The van der Waals surface area contributed by atoms with Crippen LogP contribution in [-0.2, 0) is 9.47 Å². The predicted molar refractivity (Wildman–Crippen MR) is 336 cm³/mol. The molecule has 4 aromatic carbocycles. The van der Waals surface area contributed by atoms with Crippen molar-refractivity contribution in [2.24, 2.45) is 0 Å². The minimum absolute atomic E-state index is 0. The van der Waals surface area contributed by atoms with Gasteiger partial charge in [-0.1, -0.05) is 248 Å². The molecule has 2 aliphatic rings. The molecule has 0 saturated carbocycles. The number of benzene rings is 4. The van der Waals surface area contributed by atoms with Crippen LogP contribution in [0.2, 0.25) is 0 Å². The molecular formula is C68H108MgO2Si3. The zero-order valence-electron chi connectivity index (χ0n) is 52.2. The van der Waals surface area contributed by atoms with Crippen LogP contribution in [0.25, 0.3) is 0 Å². The second-order valence-corrected chi connectivity index (χ2v) is 36.2. The normalized spacial score (nSPS) is 14.3. The number of hydrogen-bond donors (Lipinski definition) is 0. The average Bonchev–Trinajstić information content (AvgIpc) is 4.11. The van der Waals surface area contributed by atoms with Gasteiger partial charge in [-0.3, -0.25) is 8.31 Å². The Labute approximate surface area is 478 Å². The van der Waals surface area contributed by atoms with Crippen LogP contribution in [0.15, 0.2) is 48.5 Å². The Morgan fingerprint density at radius 3 is 0.730 bits per heavy atom. The second-order valence-electron chi connectivity index (χ2n) is 25.7. The van der Waals surface area contributed by atoms with Crippen molar-refractivity contribution in [3.63, 3.8) is 0 Å². The van der Waals surface area contributed by atoms with Gasteiger partial charge in [-0.15, -0.1) is 5.19 Å². The Bertz CT molecular complexity index is 2190. The topological polar surface area (TPSA) is 18.5 Å². The third-order valence-corrected chi connectivity index (χ3v) is 29.6. The van der Waals surface area contributed by atoms with E-state index in [9.17, 15) is 0 Å². The fourth-order valence-electron chi connectivity index (χ4n) is 10.6. The van der Waals surface area contributed by atoms with E-state index < -0.39 is 15.7 Å². The fourth-order valence-corrected chi connectivity index (χ4v) is 29.6. The van der Waals surface area contributed by atoms with Crippen LogP contribution >= 0.6 is 0 Å². The third kappa shape index (κ3) is 17.1. The molecule has 2 fully saturated rings. The van der Waals surface area contributed by atoms with Gasteiger partial charge in [0.05, 0.1) is 0 Å². The van der Waals surface area contributed by atoms with Crippen LogP contribution in [0.3, 0.4) is 0 Å². The van der Waals surface area contributed by atoms with Gasteiger partial charge >= 0.3 is 23.1 Å². The fraction of sp³-hybridized carbons (Fsp3) is 0.647. The van der Waals surface area contributed by atoms with Crippen molar-refractivity contribution >= 4 is 68.1 Å². The van der Waals surface area contributed by atoms with E-state index in [0.29, 0.717) is 71.0 Å². The van der Waals surface area contributed by atoms with Crippen molar-refractivity contribution in [1.82, 2.24) is 0 Å². The van der Waals surface area contributed by atoms with Crippen molar-refractivity contribution in [3.8, 4) is 0 Å². The van der Waals surface area contributed by atoms with E-state index in [4.69, 9.17) is 9.47 Å². The minimum Gasteiger partial charge on any atom is -0.449 e. The minimum atomic E-state index is -1.51. The van der Waals surface area contributed by atoms with Crippen molar-refractivity contribution in [1.29, 1.82) is 0 Å². The van der Waals surface area contributed by atoms with Crippen molar-refractivity contribution in [2.75, 3.05) is 26.4 Å². The first-order chi connectivity index (χ1) is 34.2. The molecule has 2 heterocycles. The maximum atomic E-state index is 4.94. The van der Waals surface area contributed by atoms with Gasteiger partial charge in [-0.2, -0.15) is 10.4 Å². The van der Waals surface area contributed by atoms with Gasteiger partial charge in [0, 0.05) is 26.4 Å². The predicted octanol–water partition coefficient (Wildman–Crippen LogP) is 17.0. The molecule has 0 radical (unpaired) electrons. The molecule has 0 spiro atoms. The van der Waals surface area contributed by atoms with Gasteiger partial charge in [0.25, 0.3) is 0 Å². The molecule has 2 nitrogen and oxygen atoms in total. The third-order valence-electron chi connectivity index (χ3n) is 15.4. The smallest absolute Gasteiger partial charge is 0.449 e. The van der Waals surface area contributed by atoms with Crippen LogP contribution in [0.4, 0.5) is 0 Å². The molecule has 0 atom stereocenters. The van der Waals surface area contributed by atoms with Crippen LogP contribution in [0.1, 0.15) is 330 Å². The standard InChI is InChI=1S/C60H92Si3.2C4H8O.Mg/c1-33(2)45-25-49(37(9)10)57(50(26-45)38(11)12)61-63(60-55(43(21)22)31-48(36(7)8)32-56(60)44(23)24)62(58-51(39(13)14)27-46(34(3)4)28-52(58)40(15)16)59-53(41(17)18)29-47(35(5)6)30-54(59)42(19)20;2*1-2-4-5-3-1;/h25-44H,1-24H3;2*1-4H2;/q-2;;;+2. The van der Waals surface area contributed by atoms with Gasteiger partial charge in [-0.05, 0) is 130 Å². The summed E-state index contributed by atoms with van der Waals surface area (Å²) in [4.78, 5) is 0. The van der Waals surface area contributed by atoms with E-state index in [1.807, 2.05) is 0 Å². The molecule has 0 aromatic heterocycles. The maximum absolute atomic E-state index is 4.94. The first-order valence-electron chi connectivity index (χ1n) is 29.6. The van der Waals surface area contributed by atoms with Crippen molar-refractivity contribution < 1.29 is 9.47 Å². The summed E-state index contributed by atoms with van der Waals surface area (Å²) in [5, 5.41) is 7.02. The molecule has 74 heavy (non-hydrogen) atoms. The number of rotatable bonds is 17. The molecule has 6 heteroatoms. The van der Waals surface area contributed by atoms with Crippen LogP contribution in [-0.4, -0.2) is 73.8 Å². The molecule has 0 amide bonds. The summed E-state index contributed by atoms with van der Waals surface area (Å²) in [5.74, 6) is 5.36. The zero-order chi connectivity index (χ0) is 54.8.